The van der Waals surface area contributed by atoms with E-state index in [0.29, 0.717) is 11.4 Å². The minimum Gasteiger partial charge on any atom is -0.228 e. The van der Waals surface area contributed by atoms with E-state index in [1.807, 2.05) is 12.1 Å². The lowest BCUT2D eigenvalue weighted by Gasteiger charge is -2.21. The molecule has 230 valence electrons. The fourth-order valence-electron chi connectivity index (χ4n) is 7.73. The van der Waals surface area contributed by atoms with E-state index in [1.54, 1.807) is 0 Å². The topological polar surface area (TPSA) is 49.6 Å². The summed E-state index contributed by atoms with van der Waals surface area (Å²) in [6, 6.07) is 55.5. The average molecular weight is 626 g/mol. The van der Waals surface area contributed by atoms with E-state index in [2.05, 4.69) is 159 Å². The molecule has 3 heteroatoms. The lowest BCUT2D eigenvalue weighted by atomic mass is 9.82. The van der Waals surface area contributed by atoms with E-state index in [1.165, 1.54) is 16.5 Å². The predicted molar refractivity (Wildman–Crippen MR) is 201 cm³/mol. The standard InChI is InChI=1S/C46H31N3/c1-46(2)39-24-10-18-33(28-47)43(39)44-36(21-11-25-40(44)46)31-16-7-17-32(26-31)41-27-42(37-22-8-14-29-12-3-5-19-34(29)37)49-45(48-41)38-23-9-15-30-13-4-6-20-35(30)38/h3-27H,1-2H3. The maximum Gasteiger partial charge on any atom is 0.161 e. The molecule has 0 saturated heterocycles. The summed E-state index contributed by atoms with van der Waals surface area (Å²) in [4.78, 5) is 10.5. The summed E-state index contributed by atoms with van der Waals surface area (Å²) in [6.07, 6.45) is 0. The van der Waals surface area contributed by atoms with E-state index < -0.39 is 0 Å². The Balaban J connectivity index is 1.27. The monoisotopic (exact) mass is 625 g/mol. The SMILES string of the molecule is CC1(C)c2cccc(C#N)c2-c2c(-c3cccc(-c4cc(-c5cccc6ccccc56)nc(-c5cccc6ccccc56)n4)c3)cccc21. The number of benzene rings is 7. The van der Waals surface area contributed by atoms with Crippen LogP contribution in [-0.4, -0.2) is 9.97 Å². The maximum atomic E-state index is 10.2. The van der Waals surface area contributed by atoms with Crippen molar-refractivity contribution in [2.24, 2.45) is 0 Å². The van der Waals surface area contributed by atoms with Gasteiger partial charge in [-0.05, 0) is 67.6 Å². The Kier molecular flexibility index (Phi) is 6.54. The van der Waals surface area contributed by atoms with Gasteiger partial charge in [-0.15, -0.1) is 0 Å². The van der Waals surface area contributed by atoms with Gasteiger partial charge in [0.2, 0.25) is 0 Å². The van der Waals surface area contributed by atoms with E-state index in [0.717, 1.165) is 66.5 Å². The molecule has 0 amide bonds. The highest BCUT2D eigenvalue weighted by molar-refractivity contribution is 5.99. The van der Waals surface area contributed by atoms with Gasteiger partial charge in [0.15, 0.2) is 5.82 Å². The number of aromatic nitrogens is 2. The Morgan fingerprint density at radius 3 is 1.80 bits per heavy atom. The van der Waals surface area contributed by atoms with Crippen molar-refractivity contribution in [3.63, 3.8) is 0 Å². The Morgan fingerprint density at radius 2 is 1.04 bits per heavy atom. The molecule has 49 heavy (non-hydrogen) atoms. The van der Waals surface area contributed by atoms with Gasteiger partial charge in [-0.1, -0.05) is 147 Å². The summed E-state index contributed by atoms with van der Waals surface area (Å²) in [7, 11) is 0. The van der Waals surface area contributed by atoms with Crippen LogP contribution in [0.5, 0.6) is 0 Å². The summed E-state index contributed by atoms with van der Waals surface area (Å²) in [5.41, 5.74) is 12.1. The molecular weight excluding hydrogens is 595 g/mol. The van der Waals surface area contributed by atoms with Crippen LogP contribution in [-0.2, 0) is 5.41 Å². The van der Waals surface area contributed by atoms with Crippen molar-refractivity contribution in [3.8, 4) is 62.2 Å². The van der Waals surface area contributed by atoms with Crippen LogP contribution in [0.4, 0.5) is 0 Å². The number of hydrogen-bond donors (Lipinski definition) is 0. The molecule has 1 aliphatic carbocycles. The summed E-state index contributed by atoms with van der Waals surface area (Å²) in [6.45, 7) is 4.51. The van der Waals surface area contributed by atoms with Crippen LogP contribution in [0, 0.1) is 11.3 Å². The third-order valence-electron chi connectivity index (χ3n) is 10.1. The molecule has 1 aromatic heterocycles. The van der Waals surface area contributed by atoms with Gasteiger partial charge in [-0.3, -0.25) is 0 Å². The molecule has 1 heterocycles. The number of rotatable bonds is 4. The number of nitriles is 1. The minimum atomic E-state index is -0.210. The Labute approximate surface area is 285 Å². The highest BCUT2D eigenvalue weighted by Crippen LogP contribution is 2.53. The predicted octanol–water partition coefficient (Wildman–Crippen LogP) is 11.6. The van der Waals surface area contributed by atoms with Crippen LogP contribution in [0.25, 0.3) is 77.7 Å². The normalized spacial score (nSPS) is 12.8. The first-order valence-corrected chi connectivity index (χ1v) is 16.6. The molecule has 8 aromatic rings. The van der Waals surface area contributed by atoms with Crippen LogP contribution in [0.3, 0.4) is 0 Å². The molecule has 9 rings (SSSR count). The second kappa shape index (κ2) is 11.1. The van der Waals surface area contributed by atoms with Gasteiger partial charge in [-0.25, -0.2) is 9.97 Å². The molecule has 0 radical (unpaired) electrons. The van der Waals surface area contributed by atoms with Gasteiger partial charge in [0, 0.05) is 27.7 Å². The quantitative estimate of drug-likeness (QED) is 0.195. The molecule has 0 N–H and O–H groups in total. The van der Waals surface area contributed by atoms with Gasteiger partial charge in [0.05, 0.1) is 23.0 Å². The van der Waals surface area contributed by atoms with Crippen molar-refractivity contribution in [3.05, 3.63) is 168 Å². The molecule has 0 saturated carbocycles. The van der Waals surface area contributed by atoms with Crippen LogP contribution in [0.1, 0.15) is 30.5 Å². The van der Waals surface area contributed by atoms with E-state index >= 15 is 0 Å². The zero-order valence-electron chi connectivity index (χ0n) is 27.3. The molecule has 1 aliphatic rings. The average Bonchev–Trinajstić information content (AvgIpc) is 3.40. The second-order valence-electron chi connectivity index (χ2n) is 13.3. The first kappa shape index (κ1) is 28.8. The molecular formula is C46H31N3. The molecule has 7 aromatic carbocycles. The molecule has 0 spiro atoms. The van der Waals surface area contributed by atoms with E-state index in [4.69, 9.17) is 9.97 Å². The highest BCUT2D eigenvalue weighted by atomic mass is 14.9. The van der Waals surface area contributed by atoms with Crippen molar-refractivity contribution < 1.29 is 0 Å². The Hall–Kier alpha value is -6.37. The molecule has 3 nitrogen and oxygen atoms in total. The molecule has 0 unspecified atom stereocenters. The van der Waals surface area contributed by atoms with Crippen LogP contribution in [0.2, 0.25) is 0 Å². The summed E-state index contributed by atoms with van der Waals surface area (Å²) >= 11 is 0. The molecule has 0 aliphatic heterocycles. The third kappa shape index (κ3) is 4.57. The van der Waals surface area contributed by atoms with E-state index in [9.17, 15) is 5.26 Å². The van der Waals surface area contributed by atoms with Crippen LogP contribution < -0.4 is 0 Å². The second-order valence-corrected chi connectivity index (χ2v) is 13.3. The van der Waals surface area contributed by atoms with Gasteiger partial charge < -0.3 is 0 Å². The van der Waals surface area contributed by atoms with Gasteiger partial charge in [-0.2, -0.15) is 5.26 Å². The minimum absolute atomic E-state index is 0.210. The first-order valence-electron chi connectivity index (χ1n) is 16.6. The fraction of sp³-hybridized carbons (Fsp3) is 0.0652. The summed E-state index contributed by atoms with van der Waals surface area (Å²) in [5.74, 6) is 0.692. The summed E-state index contributed by atoms with van der Waals surface area (Å²) < 4.78 is 0. The zero-order chi connectivity index (χ0) is 33.1. The Morgan fingerprint density at radius 1 is 0.490 bits per heavy atom. The number of nitrogens with zero attached hydrogens (tertiary/aromatic N) is 3. The van der Waals surface area contributed by atoms with E-state index in [-0.39, 0.29) is 5.41 Å². The van der Waals surface area contributed by atoms with Crippen molar-refractivity contribution in [2.75, 3.05) is 0 Å². The lowest BCUT2D eigenvalue weighted by Crippen LogP contribution is -2.14. The largest absolute Gasteiger partial charge is 0.228 e. The van der Waals surface area contributed by atoms with Crippen LogP contribution >= 0.6 is 0 Å². The smallest absolute Gasteiger partial charge is 0.161 e. The zero-order valence-corrected chi connectivity index (χ0v) is 27.3. The summed E-state index contributed by atoms with van der Waals surface area (Å²) in [5, 5.41) is 14.8. The molecule has 0 fully saturated rings. The number of fused-ring (bicyclic) bond motifs is 5. The maximum absolute atomic E-state index is 10.2. The van der Waals surface area contributed by atoms with Crippen molar-refractivity contribution in [1.29, 1.82) is 5.26 Å². The fourth-order valence-corrected chi connectivity index (χ4v) is 7.73. The van der Waals surface area contributed by atoms with Crippen molar-refractivity contribution in [2.45, 2.75) is 19.3 Å². The van der Waals surface area contributed by atoms with Crippen molar-refractivity contribution in [1.82, 2.24) is 9.97 Å². The van der Waals surface area contributed by atoms with Crippen molar-refractivity contribution >= 4 is 21.5 Å². The van der Waals surface area contributed by atoms with Gasteiger partial charge >= 0.3 is 0 Å². The molecule has 0 bridgehead atoms. The molecule has 0 atom stereocenters. The number of hydrogen-bond acceptors (Lipinski definition) is 3. The Bertz CT molecular complexity index is 2550. The van der Waals surface area contributed by atoms with Gasteiger partial charge in [0.25, 0.3) is 0 Å². The lowest BCUT2D eigenvalue weighted by molar-refractivity contribution is 0.660. The van der Waals surface area contributed by atoms with Gasteiger partial charge in [0.1, 0.15) is 0 Å². The first-order chi connectivity index (χ1) is 24.0. The third-order valence-corrected chi connectivity index (χ3v) is 10.1. The highest BCUT2D eigenvalue weighted by Gasteiger charge is 2.38. The van der Waals surface area contributed by atoms with Crippen LogP contribution in [0.15, 0.2) is 152 Å².